The van der Waals surface area contributed by atoms with Crippen LogP contribution < -0.4 is 18.9 Å². The van der Waals surface area contributed by atoms with Gasteiger partial charge in [0.1, 0.15) is 11.4 Å². The van der Waals surface area contributed by atoms with Gasteiger partial charge in [-0.15, -0.1) is 0 Å². The Morgan fingerprint density at radius 2 is 1.71 bits per heavy atom. The molecule has 0 aromatic heterocycles. The van der Waals surface area contributed by atoms with Crippen molar-refractivity contribution in [2.45, 2.75) is 38.5 Å². The third kappa shape index (κ3) is 3.77. The van der Waals surface area contributed by atoms with Crippen molar-refractivity contribution >= 4 is 5.78 Å². The number of halogens is 1. The predicted molar refractivity (Wildman–Crippen MR) is 104 cm³/mol. The predicted octanol–water partition coefficient (Wildman–Crippen LogP) is 4.71. The number of ketones is 1. The average Bonchev–Trinajstić information content (AvgIpc) is 2.70. The van der Waals surface area contributed by atoms with Crippen LogP contribution in [0, 0.1) is 0 Å². The molecule has 0 radical (unpaired) electrons. The van der Waals surface area contributed by atoms with Gasteiger partial charge in [0.15, 0.2) is 17.7 Å². The fraction of sp³-hybridized carbons (Fsp3) is 0.409. The number of benzene rings is 2. The molecule has 1 aliphatic heterocycles. The van der Waals surface area contributed by atoms with Gasteiger partial charge in [-0.05, 0) is 62.6 Å². The Labute approximate surface area is 164 Å². The van der Waals surface area contributed by atoms with Crippen LogP contribution in [0.4, 0.5) is 4.39 Å². The van der Waals surface area contributed by atoms with E-state index in [1.807, 2.05) is 13.8 Å². The van der Waals surface area contributed by atoms with E-state index in [1.165, 1.54) is 33.5 Å². The minimum Gasteiger partial charge on any atom is -0.493 e. The molecule has 2 aromatic rings. The molecule has 6 heteroatoms. The average molecular weight is 387 g/mol. The molecule has 1 unspecified atom stereocenters. The second kappa shape index (κ2) is 7.70. The van der Waals surface area contributed by atoms with Crippen LogP contribution in [0.3, 0.4) is 0 Å². The lowest BCUT2D eigenvalue weighted by Gasteiger charge is -2.32. The molecule has 5 nitrogen and oxygen atoms in total. The zero-order valence-corrected chi connectivity index (χ0v) is 16.8. The molecule has 0 saturated carbocycles. The molecule has 0 saturated heterocycles. The first kappa shape index (κ1) is 20.0. The lowest BCUT2D eigenvalue weighted by Crippen LogP contribution is -2.32. The van der Waals surface area contributed by atoms with Crippen LogP contribution in [0.15, 0.2) is 30.3 Å². The first-order chi connectivity index (χ1) is 13.3. The van der Waals surface area contributed by atoms with Crippen molar-refractivity contribution in [3.63, 3.8) is 0 Å². The molecule has 0 N–H and O–H groups in total. The first-order valence-electron chi connectivity index (χ1n) is 9.09. The number of methoxy groups -OCH3 is 3. The van der Waals surface area contributed by atoms with Crippen molar-refractivity contribution in [2.75, 3.05) is 21.3 Å². The molecule has 0 amide bonds. The molecule has 0 aliphatic carbocycles. The number of carbonyl (C=O) groups is 1. The van der Waals surface area contributed by atoms with Crippen molar-refractivity contribution in [3.05, 3.63) is 47.0 Å². The summed E-state index contributed by atoms with van der Waals surface area (Å²) in [6.45, 7) is 4.05. The van der Waals surface area contributed by atoms with Crippen molar-refractivity contribution in [1.29, 1.82) is 0 Å². The highest BCUT2D eigenvalue weighted by atomic mass is 18.2. The van der Waals surface area contributed by atoms with Gasteiger partial charge in [-0.1, -0.05) is 0 Å². The van der Waals surface area contributed by atoms with Crippen LogP contribution in [0.1, 0.15) is 47.9 Å². The maximum Gasteiger partial charge on any atom is 0.203 e. The van der Waals surface area contributed by atoms with E-state index in [0.717, 1.165) is 24.2 Å². The number of hydrogen-bond donors (Lipinski definition) is 0. The van der Waals surface area contributed by atoms with Gasteiger partial charge >= 0.3 is 0 Å². The van der Waals surface area contributed by atoms with Crippen LogP contribution in [0.25, 0.3) is 0 Å². The van der Waals surface area contributed by atoms with Gasteiger partial charge in [0.05, 0.1) is 21.3 Å². The van der Waals surface area contributed by atoms with Crippen LogP contribution in [-0.2, 0) is 6.42 Å². The number of carbonyl (C=O) groups excluding carboxylic acids is 1. The Morgan fingerprint density at radius 1 is 1.07 bits per heavy atom. The zero-order valence-electron chi connectivity index (χ0n) is 16.8. The highest BCUT2D eigenvalue weighted by Crippen LogP contribution is 2.41. The minimum atomic E-state index is -1.85. The van der Waals surface area contributed by atoms with Gasteiger partial charge in [-0.25, -0.2) is 4.39 Å². The lowest BCUT2D eigenvalue weighted by molar-refractivity contribution is 0.0841. The Hall–Kier alpha value is -2.76. The van der Waals surface area contributed by atoms with E-state index in [1.54, 1.807) is 18.2 Å². The Morgan fingerprint density at radius 3 is 2.29 bits per heavy atom. The summed E-state index contributed by atoms with van der Waals surface area (Å²) in [6, 6.07) is 7.97. The van der Waals surface area contributed by atoms with E-state index in [4.69, 9.17) is 18.9 Å². The third-order valence-corrected chi connectivity index (χ3v) is 4.94. The van der Waals surface area contributed by atoms with Crippen molar-refractivity contribution in [2.24, 2.45) is 0 Å². The number of fused-ring (bicyclic) bond motifs is 1. The SMILES string of the molecule is COc1cc(C([18F])C(=O)c2ccc3c(c2)CCC(C)(C)O3)cc(OC)c1OC. The highest BCUT2D eigenvalue weighted by molar-refractivity contribution is 6.00. The molecule has 0 spiro atoms. The molecule has 2 aromatic carbocycles. The number of hydrogen-bond acceptors (Lipinski definition) is 5. The maximum atomic E-state index is 15.1. The van der Waals surface area contributed by atoms with E-state index in [-0.39, 0.29) is 11.2 Å². The third-order valence-electron chi connectivity index (χ3n) is 4.94. The molecular formula is C22H25FO5. The lowest BCUT2D eigenvalue weighted by atomic mass is 9.91. The summed E-state index contributed by atoms with van der Waals surface area (Å²) in [6.07, 6.45) is -0.235. The first-order valence-corrected chi connectivity index (χ1v) is 9.09. The Balaban J connectivity index is 1.91. The van der Waals surface area contributed by atoms with Crippen molar-refractivity contribution in [3.8, 4) is 23.0 Å². The summed E-state index contributed by atoms with van der Waals surface area (Å²) in [7, 11) is 4.36. The van der Waals surface area contributed by atoms with E-state index in [2.05, 4.69) is 0 Å². The standard InChI is InChI=1S/C22H25FO5/c1-22(2)9-8-13-10-14(6-7-16(13)28-22)20(24)19(23)15-11-17(25-3)21(27-5)18(12-15)26-4/h6-7,10-12,19H,8-9H2,1-5H3/i23-1. The monoisotopic (exact) mass is 387 g/mol. The summed E-state index contributed by atoms with van der Waals surface area (Å²) >= 11 is 0. The molecule has 1 heterocycles. The molecule has 150 valence electrons. The van der Waals surface area contributed by atoms with E-state index < -0.39 is 12.0 Å². The normalized spacial score (nSPS) is 15.8. The number of rotatable bonds is 6. The van der Waals surface area contributed by atoms with Gasteiger partial charge < -0.3 is 18.9 Å². The Bertz CT molecular complexity index is 865. The smallest absolute Gasteiger partial charge is 0.203 e. The highest BCUT2D eigenvalue weighted by Gasteiger charge is 2.29. The maximum absolute atomic E-state index is 15.1. The summed E-state index contributed by atoms with van der Waals surface area (Å²) in [5.41, 5.74) is 1.14. The summed E-state index contributed by atoms with van der Waals surface area (Å²) < 4.78 is 36.8. The molecule has 0 fully saturated rings. The van der Waals surface area contributed by atoms with Crippen LogP contribution >= 0.6 is 0 Å². The zero-order chi connectivity index (χ0) is 20.5. The largest absolute Gasteiger partial charge is 0.493 e. The fourth-order valence-corrected chi connectivity index (χ4v) is 3.36. The van der Waals surface area contributed by atoms with Gasteiger partial charge in [0.25, 0.3) is 0 Å². The minimum absolute atomic E-state index is 0.148. The quantitative estimate of drug-likeness (QED) is 0.672. The van der Waals surface area contributed by atoms with Crippen LogP contribution in [0.2, 0.25) is 0 Å². The molecule has 3 rings (SSSR count). The molecule has 1 aliphatic rings. The summed E-state index contributed by atoms with van der Waals surface area (Å²) in [5.74, 6) is 1.07. The number of Topliss-reactive ketones (excluding diaryl/α,β-unsaturated/α-hetero) is 1. The van der Waals surface area contributed by atoms with Gasteiger partial charge in [-0.2, -0.15) is 0 Å². The van der Waals surface area contributed by atoms with Gasteiger partial charge in [0, 0.05) is 11.1 Å². The van der Waals surface area contributed by atoms with Crippen LogP contribution in [-0.4, -0.2) is 32.7 Å². The summed E-state index contributed by atoms with van der Waals surface area (Å²) in [5, 5.41) is 0. The second-order valence-corrected chi connectivity index (χ2v) is 7.37. The van der Waals surface area contributed by atoms with Crippen molar-refractivity contribution in [1.82, 2.24) is 0 Å². The Kier molecular flexibility index (Phi) is 5.49. The number of alkyl halides is 1. The fourth-order valence-electron chi connectivity index (χ4n) is 3.36. The summed E-state index contributed by atoms with van der Waals surface area (Å²) in [4.78, 5) is 12.8. The molecule has 28 heavy (non-hydrogen) atoms. The molecular weight excluding hydrogens is 362 g/mol. The van der Waals surface area contributed by atoms with Gasteiger partial charge in [0.2, 0.25) is 11.5 Å². The van der Waals surface area contributed by atoms with E-state index in [0.29, 0.717) is 22.8 Å². The van der Waals surface area contributed by atoms with Gasteiger partial charge in [-0.3, -0.25) is 4.79 Å². The van der Waals surface area contributed by atoms with E-state index >= 15 is 4.39 Å². The van der Waals surface area contributed by atoms with Crippen LogP contribution in [0.5, 0.6) is 23.0 Å². The number of aryl methyl sites for hydroxylation is 1. The van der Waals surface area contributed by atoms with E-state index in [9.17, 15) is 4.79 Å². The topological polar surface area (TPSA) is 54.0 Å². The van der Waals surface area contributed by atoms with Crippen molar-refractivity contribution < 1.29 is 28.1 Å². The second-order valence-electron chi connectivity index (χ2n) is 7.37. The number of ether oxygens (including phenoxy) is 4. The molecule has 1 atom stereocenters. The molecule has 0 bridgehead atoms.